The second kappa shape index (κ2) is 6.44. The molecule has 2 unspecified atom stereocenters. The number of halogens is 1. The van der Waals surface area contributed by atoms with Gasteiger partial charge in [0, 0.05) is 10.7 Å². The van der Waals surface area contributed by atoms with Crippen LogP contribution >= 0.6 is 10.7 Å². The fraction of sp³-hybridized carbons (Fsp3) is 0.429. The summed E-state index contributed by atoms with van der Waals surface area (Å²) in [7, 11) is 1.66. The number of hydrogen-bond acceptors (Lipinski definition) is 3. The van der Waals surface area contributed by atoms with Crippen molar-refractivity contribution in [3.05, 3.63) is 36.4 Å². The molecule has 0 saturated heterocycles. The topological polar surface area (TPSA) is 43.4 Å². The Balaban J connectivity index is 3.28. The Morgan fingerprint density at radius 1 is 1.42 bits per heavy atom. The summed E-state index contributed by atoms with van der Waals surface area (Å²) < 4.78 is 28.5. The van der Waals surface area contributed by atoms with Crippen molar-refractivity contribution < 1.29 is 13.2 Å². The van der Waals surface area contributed by atoms with Crippen molar-refractivity contribution in [1.29, 1.82) is 0 Å². The molecule has 0 amide bonds. The van der Waals surface area contributed by atoms with Crippen molar-refractivity contribution in [2.45, 2.75) is 44.1 Å². The minimum absolute atomic E-state index is 0.100. The van der Waals surface area contributed by atoms with Crippen LogP contribution in [0, 0.1) is 0 Å². The molecule has 106 valence electrons. The quantitative estimate of drug-likeness (QED) is 0.587. The summed E-state index contributed by atoms with van der Waals surface area (Å²) >= 11 is 0. The Kier molecular flexibility index (Phi) is 5.44. The van der Waals surface area contributed by atoms with E-state index in [4.69, 9.17) is 15.4 Å². The maximum atomic E-state index is 11.4. The van der Waals surface area contributed by atoms with E-state index in [1.807, 2.05) is 20.8 Å². The zero-order valence-electron chi connectivity index (χ0n) is 11.4. The molecule has 1 rings (SSSR count). The maximum Gasteiger partial charge on any atom is 0.261 e. The van der Waals surface area contributed by atoms with Crippen molar-refractivity contribution in [3.63, 3.8) is 0 Å². The Bertz CT molecular complexity index is 552. The summed E-state index contributed by atoms with van der Waals surface area (Å²) in [5.41, 5.74) is 0.845. The minimum atomic E-state index is -3.72. The maximum absolute atomic E-state index is 11.4. The van der Waals surface area contributed by atoms with Gasteiger partial charge in [-0.2, -0.15) is 0 Å². The molecule has 0 aromatic heterocycles. The second-order valence-corrected chi connectivity index (χ2v) is 7.07. The van der Waals surface area contributed by atoms with Gasteiger partial charge in [0.25, 0.3) is 9.05 Å². The van der Waals surface area contributed by atoms with Crippen LogP contribution in [-0.4, -0.2) is 14.5 Å². The predicted molar refractivity (Wildman–Crippen MR) is 78.5 cm³/mol. The highest BCUT2D eigenvalue weighted by molar-refractivity contribution is 8.13. The molecule has 1 aromatic carbocycles. The normalized spacial score (nSPS) is 14.7. The first kappa shape index (κ1) is 16.1. The number of ether oxygens (including phenoxy) is 1. The van der Waals surface area contributed by atoms with E-state index in [9.17, 15) is 8.42 Å². The van der Waals surface area contributed by atoms with E-state index in [-0.39, 0.29) is 16.9 Å². The van der Waals surface area contributed by atoms with Crippen molar-refractivity contribution >= 4 is 19.7 Å². The molecule has 19 heavy (non-hydrogen) atoms. The third-order valence-corrected chi connectivity index (χ3v) is 4.40. The van der Waals surface area contributed by atoms with Crippen molar-refractivity contribution in [1.82, 2.24) is 0 Å². The molecule has 0 aliphatic rings. The van der Waals surface area contributed by atoms with Gasteiger partial charge in [-0.3, -0.25) is 0 Å². The highest BCUT2D eigenvalue weighted by Crippen LogP contribution is 2.32. The van der Waals surface area contributed by atoms with Crippen molar-refractivity contribution in [3.8, 4) is 5.75 Å². The molecule has 2 atom stereocenters. The number of hydrogen-bond donors (Lipinski definition) is 0. The van der Waals surface area contributed by atoms with E-state index in [0.717, 1.165) is 12.0 Å². The molecule has 0 heterocycles. The summed E-state index contributed by atoms with van der Waals surface area (Å²) in [6, 6.07) is 4.69. The molecule has 0 aliphatic heterocycles. The summed E-state index contributed by atoms with van der Waals surface area (Å²) in [6.07, 6.45) is 2.43. The Hall–Kier alpha value is -1.00. The van der Waals surface area contributed by atoms with Crippen LogP contribution in [0.3, 0.4) is 0 Å². The Labute approximate surface area is 119 Å². The van der Waals surface area contributed by atoms with Crippen LogP contribution in [0.4, 0.5) is 0 Å². The average molecular weight is 303 g/mol. The first-order chi connectivity index (χ1) is 8.79. The van der Waals surface area contributed by atoms with Gasteiger partial charge in [0.2, 0.25) is 0 Å². The van der Waals surface area contributed by atoms with E-state index in [1.54, 1.807) is 18.2 Å². The van der Waals surface area contributed by atoms with Gasteiger partial charge >= 0.3 is 0 Å². The predicted octanol–water partition coefficient (Wildman–Crippen LogP) is 4.08. The summed E-state index contributed by atoms with van der Waals surface area (Å²) in [5.74, 6) is 0.858. The minimum Gasteiger partial charge on any atom is -0.486 e. The van der Waals surface area contributed by atoms with Gasteiger partial charge in [0.15, 0.2) is 0 Å². The molecule has 0 aliphatic carbocycles. The average Bonchev–Trinajstić information content (AvgIpc) is 2.36. The summed E-state index contributed by atoms with van der Waals surface area (Å²) in [6.45, 7) is 9.60. The van der Waals surface area contributed by atoms with Gasteiger partial charge in [-0.05, 0) is 43.0 Å². The molecule has 3 nitrogen and oxygen atoms in total. The highest BCUT2D eigenvalue weighted by Gasteiger charge is 2.17. The highest BCUT2D eigenvalue weighted by atomic mass is 35.7. The fourth-order valence-corrected chi connectivity index (χ4v) is 2.43. The Morgan fingerprint density at radius 3 is 2.53 bits per heavy atom. The van der Waals surface area contributed by atoms with Crippen molar-refractivity contribution in [2.24, 2.45) is 0 Å². The molecule has 1 aromatic rings. The van der Waals surface area contributed by atoms with Gasteiger partial charge in [0.05, 0.1) is 4.90 Å². The molecular formula is C14H19ClO3S. The molecule has 5 heteroatoms. The number of benzene rings is 1. The van der Waals surface area contributed by atoms with Gasteiger partial charge in [0.1, 0.15) is 11.9 Å². The SMILES string of the molecule is C=CC(C)Oc1ccc(S(=O)(=O)Cl)cc1C(C)CC. The number of rotatable bonds is 6. The molecule has 0 saturated carbocycles. The monoisotopic (exact) mass is 302 g/mol. The van der Waals surface area contributed by atoms with E-state index in [2.05, 4.69) is 6.58 Å². The lowest BCUT2D eigenvalue weighted by atomic mass is 9.98. The molecule has 0 radical (unpaired) electrons. The van der Waals surface area contributed by atoms with Gasteiger partial charge in [-0.15, -0.1) is 0 Å². The lowest BCUT2D eigenvalue weighted by Crippen LogP contribution is -2.10. The molecule has 0 bridgehead atoms. The zero-order valence-corrected chi connectivity index (χ0v) is 13.0. The van der Waals surface area contributed by atoms with Gasteiger partial charge in [-0.1, -0.05) is 26.5 Å². The van der Waals surface area contributed by atoms with E-state index >= 15 is 0 Å². The summed E-state index contributed by atoms with van der Waals surface area (Å²) in [4.78, 5) is 0.100. The van der Waals surface area contributed by atoms with Crippen LogP contribution in [-0.2, 0) is 9.05 Å². The van der Waals surface area contributed by atoms with E-state index in [0.29, 0.717) is 5.75 Å². The van der Waals surface area contributed by atoms with Crippen LogP contribution in [0.2, 0.25) is 0 Å². The van der Waals surface area contributed by atoms with Crippen LogP contribution < -0.4 is 4.74 Å². The van der Waals surface area contributed by atoms with Crippen LogP contribution in [0.15, 0.2) is 35.7 Å². The zero-order chi connectivity index (χ0) is 14.6. The van der Waals surface area contributed by atoms with E-state index < -0.39 is 9.05 Å². The Morgan fingerprint density at radius 2 is 2.05 bits per heavy atom. The summed E-state index contributed by atoms with van der Waals surface area (Å²) in [5, 5.41) is 0. The van der Waals surface area contributed by atoms with Crippen LogP contribution in [0.25, 0.3) is 0 Å². The van der Waals surface area contributed by atoms with E-state index in [1.165, 1.54) is 6.07 Å². The largest absolute Gasteiger partial charge is 0.486 e. The van der Waals surface area contributed by atoms with Gasteiger partial charge < -0.3 is 4.74 Å². The van der Waals surface area contributed by atoms with Gasteiger partial charge in [-0.25, -0.2) is 8.42 Å². The molecule has 0 fully saturated rings. The third kappa shape index (κ3) is 4.25. The lowest BCUT2D eigenvalue weighted by Gasteiger charge is -2.18. The van der Waals surface area contributed by atoms with Crippen LogP contribution in [0.5, 0.6) is 5.75 Å². The lowest BCUT2D eigenvalue weighted by molar-refractivity contribution is 0.266. The second-order valence-electron chi connectivity index (χ2n) is 4.51. The van der Waals surface area contributed by atoms with Crippen LogP contribution in [0.1, 0.15) is 38.7 Å². The first-order valence-electron chi connectivity index (χ1n) is 6.17. The first-order valence-corrected chi connectivity index (χ1v) is 8.48. The van der Waals surface area contributed by atoms with Crippen molar-refractivity contribution in [2.75, 3.05) is 0 Å². The molecule has 0 N–H and O–H groups in total. The fourth-order valence-electron chi connectivity index (χ4n) is 1.64. The molecule has 0 spiro atoms. The standard InChI is InChI=1S/C14H19ClO3S/c1-5-10(3)13-9-12(19(15,16)17)7-8-14(13)18-11(4)6-2/h6-11H,2,5H2,1,3-4H3. The third-order valence-electron chi connectivity index (χ3n) is 3.05. The smallest absolute Gasteiger partial charge is 0.261 e. The molecular weight excluding hydrogens is 284 g/mol.